The number of amidine groups is 2. The lowest BCUT2D eigenvalue weighted by Crippen LogP contribution is -2.40. The van der Waals surface area contributed by atoms with Gasteiger partial charge >= 0.3 is 0 Å². The van der Waals surface area contributed by atoms with Crippen LogP contribution in [-0.4, -0.2) is 33.5 Å². The van der Waals surface area contributed by atoms with Gasteiger partial charge in [0, 0.05) is 11.6 Å². The highest BCUT2D eigenvalue weighted by molar-refractivity contribution is 8.14. The molecule has 0 aromatic heterocycles. The van der Waals surface area contributed by atoms with Crippen molar-refractivity contribution >= 4 is 46.0 Å². The number of anilines is 1. The van der Waals surface area contributed by atoms with Crippen LogP contribution >= 0.6 is 11.8 Å². The van der Waals surface area contributed by atoms with Gasteiger partial charge in [-0.1, -0.05) is 54.2 Å². The van der Waals surface area contributed by atoms with E-state index in [-0.39, 0.29) is 17.3 Å². The number of thioether (sulfide) groups is 1. The highest BCUT2D eigenvalue weighted by Gasteiger charge is 2.42. The van der Waals surface area contributed by atoms with E-state index in [0.29, 0.717) is 22.8 Å². The Balaban J connectivity index is 1.40. The normalized spacial score (nSPS) is 16.6. The van der Waals surface area contributed by atoms with Gasteiger partial charge < -0.3 is 5.32 Å². The number of benzene rings is 3. The number of fused-ring (bicyclic) bond motifs is 3. The van der Waals surface area contributed by atoms with Crippen molar-refractivity contribution in [3.05, 3.63) is 95.6 Å². The minimum atomic E-state index is -0.868. The smallest absolute Gasteiger partial charge is 0.263 e. The van der Waals surface area contributed by atoms with Crippen molar-refractivity contribution in [1.29, 1.82) is 0 Å². The van der Waals surface area contributed by atoms with E-state index in [2.05, 4.69) is 15.3 Å². The van der Waals surface area contributed by atoms with Crippen LogP contribution in [0.1, 0.15) is 17.2 Å². The van der Waals surface area contributed by atoms with E-state index in [1.54, 1.807) is 0 Å². The summed E-state index contributed by atoms with van der Waals surface area (Å²) in [4.78, 5) is 36.4. The summed E-state index contributed by atoms with van der Waals surface area (Å²) in [5, 5.41) is 2.72. The molecule has 2 amide bonds. The van der Waals surface area contributed by atoms with E-state index in [9.17, 15) is 18.4 Å². The lowest BCUT2D eigenvalue weighted by molar-refractivity contribution is -0.124. The number of hydrogen-bond donors (Lipinski definition) is 1. The first-order chi connectivity index (χ1) is 16.0. The van der Waals surface area contributed by atoms with Crippen molar-refractivity contribution < 1.29 is 18.4 Å². The van der Waals surface area contributed by atoms with Gasteiger partial charge in [-0.15, -0.1) is 0 Å². The lowest BCUT2D eigenvalue weighted by atomic mass is 10.1. The third kappa shape index (κ3) is 4.03. The number of carbonyl (C=O) groups is 2. The molecule has 3 aromatic rings. The van der Waals surface area contributed by atoms with E-state index >= 15 is 0 Å². The number of hydrogen-bond acceptors (Lipinski definition) is 5. The highest BCUT2D eigenvalue weighted by Crippen LogP contribution is 2.37. The Morgan fingerprint density at radius 1 is 1.03 bits per heavy atom. The molecule has 3 aromatic carbocycles. The number of aliphatic imine (C=N–C) groups is 2. The van der Waals surface area contributed by atoms with Crippen LogP contribution in [0.4, 0.5) is 20.2 Å². The van der Waals surface area contributed by atoms with Crippen LogP contribution in [0.3, 0.4) is 0 Å². The van der Waals surface area contributed by atoms with Crippen LogP contribution in [0, 0.1) is 11.6 Å². The van der Waals surface area contributed by atoms with Gasteiger partial charge in [0.1, 0.15) is 17.5 Å². The van der Waals surface area contributed by atoms with E-state index < -0.39 is 23.6 Å². The molecule has 164 valence electrons. The average Bonchev–Trinajstić information content (AvgIpc) is 3.17. The van der Waals surface area contributed by atoms with Crippen LogP contribution < -0.4 is 5.32 Å². The third-order valence-corrected chi connectivity index (χ3v) is 6.06. The van der Waals surface area contributed by atoms with Gasteiger partial charge in [0.2, 0.25) is 5.91 Å². The minimum Gasteiger partial charge on any atom is -0.323 e. The number of rotatable bonds is 4. The fourth-order valence-corrected chi connectivity index (χ4v) is 4.41. The zero-order valence-electron chi connectivity index (χ0n) is 17.0. The molecule has 6 nitrogen and oxygen atoms in total. The second-order valence-corrected chi connectivity index (χ2v) is 8.25. The quantitative estimate of drug-likeness (QED) is 0.613. The molecule has 2 aliphatic rings. The van der Waals surface area contributed by atoms with Crippen LogP contribution in [0.25, 0.3) is 0 Å². The average molecular weight is 462 g/mol. The monoisotopic (exact) mass is 462 g/mol. The molecule has 2 heterocycles. The minimum absolute atomic E-state index is 0.124. The SMILES string of the molecule is O=C(CSC1=Nc2ccccc2C2=NC(c3ccccc3)C(=O)N12)Nc1ccc(F)cc1F. The van der Waals surface area contributed by atoms with Crippen LogP contribution in [0.15, 0.2) is 82.8 Å². The number of amides is 2. The molecular weight excluding hydrogens is 446 g/mol. The molecule has 9 heteroatoms. The molecule has 1 unspecified atom stereocenters. The summed E-state index contributed by atoms with van der Waals surface area (Å²) in [5.41, 5.74) is 2.00. The maximum Gasteiger partial charge on any atom is 0.263 e. The molecule has 0 radical (unpaired) electrons. The molecule has 2 aliphatic heterocycles. The summed E-state index contributed by atoms with van der Waals surface area (Å²) in [7, 11) is 0. The molecule has 1 atom stereocenters. The fraction of sp³-hybridized carbons (Fsp3) is 0.0833. The number of nitrogens with zero attached hydrogens (tertiary/aromatic N) is 3. The molecule has 0 bridgehead atoms. The summed E-state index contributed by atoms with van der Waals surface area (Å²) >= 11 is 1.04. The molecule has 0 saturated carbocycles. The van der Waals surface area contributed by atoms with Crippen LogP contribution in [0.5, 0.6) is 0 Å². The first-order valence-electron chi connectivity index (χ1n) is 10.0. The maximum absolute atomic E-state index is 13.8. The van der Waals surface area contributed by atoms with Crippen molar-refractivity contribution in [3.63, 3.8) is 0 Å². The molecule has 33 heavy (non-hydrogen) atoms. The van der Waals surface area contributed by atoms with Gasteiger partial charge in [0.15, 0.2) is 11.2 Å². The van der Waals surface area contributed by atoms with Gasteiger partial charge in [0.05, 0.1) is 17.1 Å². The molecule has 0 fully saturated rings. The second-order valence-electron chi connectivity index (χ2n) is 7.31. The van der Waals surface area contributed by atoms with Crippen molar-refractivity contribution in [1.82, 2.24) is 4.90 Å². The van der Waals surface area contributed by atoms with Gasteiger partial charge in [-0.25, -0.2) is 23.7 Å². The predicted molar refractivity (Wildman–Crippen MR) is 124 cm³/mol. The zero-order valence-corrected chi connectivity index (χ0v) is 17.9. The topological polar surface area (TPSA) is 74.1 Å². The highest BCUT2D eigenvalue weighted by atomic mass is 32.2. The summed E-state index contributed by atoms with van der Waals surface area (Å²) in [6.45, 7) is 0. The van der Waals surface area contributed by atoms with Crippen molar-refractivity contribution in [3.8, 4) is 0 Å². The summed E-state index contributed by atoms with van der Waals surface area (Å²) in [5.74, 6) is -2.04. The number of halogens is 2. The van der Waals surface area contributed by atoms with Gasteiger partial charge in [-0.3, -0.25) is 9.59 Å². The van der Waals surface area contributed by atoms with Crippen LogP contribution in [0.2, 0.25) is 0 Å². The summed E-state index contributed by atoms with van der Waals surface area (Å²) in [6, 6.07) is 18.8. The van der Waals surface area contributed by atoms with Gasteiger partial charge in [-0.2, -0.15) is 0 Å². The first-order valence-corrected chi connectivity index (χ1v) is 11.0. The number of carbonyl (C=O) groups excluding carboxylic acids is 2. The van der Waals surface area contributed by atoms with E-state index in [4.69, 9.17) is 0 Å². The summed E-state index contributed by atoms with van der Waals surface area (Å²) < 4.78 is 26.9. The van der Waals surface area contributed by atoms with Gasteiger partial charge in [-0.05, 0) is 29.8 Å². The number of para-hydroxylation sites is 1. The van der Waals surface area contributed by atoms with Crippen molar-refractivity contribution in [2.45, 2.75) is 6.04 Å². The molecule has 1 N–H and O–H groups in total. The predicted octanol–water partition coefficient (Wildman–Crippen LogP) is 4.67. The molecule has 5 rings (SSSR count). The Labute approximate surface area is 192 Å². The Morgan fingerprint density at radius 2 is 1.79 bits per heavy atom. The largest absolute Gasteiger partial charge is 0.323 e. The zero-order chi connectivity index (χ0) is 22.9. The third-order valence-electron chi connectivity index (χ3n) is 5.12. The fourth-order valence-electron chi connectivity index (χ4n) is 3.61. The molecule has 0 aliphatic carbocycles. The Kier molecular flexibility index (Phi) is 5.47. The number of nitrogens with one attached hydrogen (secondary N) is 1. The standard InChI is InChI=1S/C24H16F2N4O2S/c25-15-10-11-19(17(26)12-15)27-20(31)13-33-24-28-18-9-5-4-8-16(18)22-29-21(23(32)30(22)24)14-6-2-1-3-7-14/h1-12,21H,13H2,(H,27,31). The Hall–Kier alpha value is -3.85. The van der Waals surface area contributed by atoms with E-state index in [0.717, 1.165) is 35.0 Å². The van der Waals surface area contributed by atoms with Gasteiger partial charge in [0.25, 0.3) is 5.91 Å². The van der Waals surface area contributed by atoms with Crippen molar-refractivity contribution in [2.24, 2.45) is 9.98 Å². The van der Waals surface area contributed by atoms with E-state index in [1.807, 2.05) is 54.6 Å². The molecule has 0 saturated heterocycles. The molecule has 0 spiro atoms. The van der Waals surface area contributed by atoms with Crippen molar-refractivity contribution in [2.75, 3.05) is 11.1 Å². The first kappa shape index (κ1) is 21.0. The maximum atomic E-state index is 13.8. The summed E-state index contributed by atoms with van der Waals surface area (Å²) in [6.07, 6.45) is 0. The molecular formula is C24H16F2N4O2S. The second kappa shape index (κ2) is 8.59. The lowest BCUT2D eigenvalue weighted by Gasteiger charge is -2.25. The Bertz CT molecular complexity index is 1330. The van der Waals surface area contributed by atoms with Crippen LogP contribution in [-0.2, 0) is 9.59 Å². The Morgan fingerprint density at radius 3 is 2.58 bits per heavy atom. The van der Waals surface area contributed by atoms with E-state index in [1.165, 1.54) is 4.90 Å².